The van der Waals surface area contributed by atoms with Crippen LogP contribution in [0.5, 0.6) is 0 Å². The van der Waals surface area contributed by atoms with E-state index in [0.717, 1.165) is 22.6 Å². The zero-order valence-corrected chi connectivity index (χ0v) is 17.0. The van der Waals surface area contributed by atoms with Crippen molar-refractivity contribution in [1.82, 2.24) is 19.8 Å². The number of hydrogen-bond donors (Lipinski definition) is 1. The van der Waals surface area contributed by atoms with Crippen LogP contribution in [-0.4, -0.2) is 32.8 Å². The SMILES string of the molecule is CC(C)C(NC(=O)C1CC(=O)N(Cc2ccco2)C1)c1nc2ccccc2n1C. The molecule has 0 bridgehead atoms. The first-order valence-corrected chi connectivity index (χ1v) is 9.96. The van der Waals surface area contributed by atoms with Crippen LogP contribution in [0.15, 0.2) is 47.1 Å². The number of fused-ring (bicyclic) bond motifs is 1. The largest absolute Gasteiger partial charge is 0.467 e. The predicted molar refractivity (Wildman–Crippen MR) is 109 cm³/mol. The molecule has 2 atom stereocenters. The van der Waals surface area contributed by atoms with Gasteiger partial charge in [-0.3, -0.25) is 9.59 Å². The van der Waals surface area contributed by atoms with Gasteiger partial charge in [-0.25, -0.2) is 4.98 Å². The number of aryl methyl sites for hydroxylation is 1. The monoisotopic (exact) mass is 394 g/mol. The van der Waals surface area contributed by atoms with Gasteiger partial charge in [0, 0.05) is 20.0 Å². The van der Waals surface area contributed by atoms with Crippen molar-refractivity contribution < 1.29 is 14.0 Å². The Balaban J connectivity index is 1.49. The summed E-state index contributed by atoms with van der Waals surface area (Å²) in [5.41, 5.74) is 1.94. The van der Waals surface area contributed by atoms with Crippen molar-refractivity contribution in [3.05, 3.63) is 54.2 Å². The number of rotatable bonds is 6. The van der Waals surface area contributed by atoms with E-state index in [-0.39, 0.29) is 36.1 Å². The van der Waals surface area contributed by atoms with Crippen LogP contribution in [0.1, 0.15) is 37.9 Å². The lowest BCUT2D eigenvalue weighted by Gasteiger charge is -2.24. The predicted octanol–water partition coefficient (Wildman–Crippen LogP) is 3.03. The van der Waals surface area contributed by atoms with Gasteiger partial charge in [0.05, 0.1) is 35.8 Å². The quantitative estimate of drug-likeness (QED) is 0.697. The first-order chi connectivity index (χ1) is 13.9. The van der Waals surface area contributed by atoms with E-state index in [0.29, 0.717) is 13.1 Å². The normalized spacial score (nSPS) is 18.0. The van der Waals surface area contributed by atoms with Crippen molar-refractivity contribution in [2.45, 2.75) is 32.9 Å². The van der Waals surface area contributed by atoms with Gasteiger partial charge >= 0.3 is 0 Å². The first-order valence-electron chi connectivity index (χ1n) is 9.96. The number of hydrogen-bond acceptors (Lipinski definition) is 4. The minimum Gasteiger partial charge on any atom is -0.467 e. The molecule has 2 aromatic heterocycles. The van der Waals surface area contributed by atoms with Crippen molar-refractivity contribution in [2.75, 3.05) is 6.54 Å². The third-order valence-corrected chi connectivity index (χ3v) is 5.58. The second kappa shape index (κ2) is 7.73. The second-order valence-corrected chi connectivity index (χ2v) is 8.00. The van der Waals surface area contributed by atoms with Crippen LogP contribution < -0.4 is 5.32 Å². The number of imidazole rings is 1. The number of para-hydroxylation sites is 2. The highest BCUT2D eigenvalue weighted by Gasteiger charge is 2.36. The molecule has 2 amide bonds. The third kappa shape index (κ3) is 3.77. The first kappa shape index (κ1) is 19.2. The van der Waals surface area contributed by atoms with Gasteiger partial charge in [-0.1, -0.05) is 26.0 Å². The van der Waals surface area contributed by atoms with E-state index in [1.807, 2.05) is 41.9 Å². The molecule has 0 aliphatic carbocycles. The summed E-state index contributed by atoms with van der Waals surface area (Å²) in [7, 11) is 1.97. The summed E-state index contributed by atoms with van der Waals surface area (Å²) in [5.74, 6) is 1.21. The lowest BCUT2D eigenvalue weighted by atomic mass is 10.0. The fourth-order valence-corrected chi connectivity index (χ4v) is 3.93. The molecule has 2 unspecified atom stereocenters. The van der Waals surface area contributed by atoms with E-state index in [1.165, 1.54) is 0 Å². The number of carbonyl (C=O) groups excluding carboxylic acids is 2. The summed E-state index contributed by atoms with van der Waals surface area (Å²) in [6.45, 7) is 4.92. The van der Waals surface area contributed by atoms with Crippen LogP contribution in [0.4, 0.5) is 0 Å². The molecule has 3 aromatic rings. The summed E-state index contributed by atoms with van der Waals surface area (Å²) in [5, 5.41) is 3.15. The minimum atomic E-state index is -0.367. The second-order valence-electron chi connectivity index (χ2n) is 8.00. The van der Waals surface area contributed by atoms with Crippen LogP contribution >= 0.6 is 0 Å². The molecule has 152 valence electrons. The van der Waals surface area contributed by atoms with E-state index in [9.17, 15) is 9.59 Å². The average Bonchev–Trinajstić information content (AvgIpc) is 3.41. The van der Waals surface area contributed by atoms with E-state index in [2.05, 4.69) is 19.2 Å². The summed E-state index contributed by atoms with van der Waals surface area (Å²) in [4.78, 5) is 31.8. The number of amides is 2. The van der Waals surface area contributed by atoms with Gasteiger partial charge < -0.3 is 19.2 Å². The fourth-order valence-electron chi connectivity index (χ4n) is 3.93. The van der Waals surface area contributed by atoms with E-state index in [4.69, 9.17) is 9.40 Å². The smallest absolute Gasteiger partial charge is 0.226 e. The molecule has 7 heteroatoms. The number of carbonyl (C=O) groups is 2. The summed E-state index contributed by atoms with van der Waals surface area (Å²) >= 11 is 0. The Labute approximate surface area is 169 Å². The Hall–Kier alpha value is -3.09. The van der Waals surface area contributed by atoms with Gasteiger partial charge in [0.15, 0.2) is 0 Å². The molecule has 3 heterocycles. The Bertz CT molecular complexity index is 1020. The van der Waals surface area contributed by atoms with Crippen molar-refractivity contribution >= 4 is 22.8 Å². The van der Waals surface area contributed by atoms with Crippen molar-refractivity contribution in [2.24, 2.45) is 18.9 Å². The van der Waals surface area contributed by atoms with Gasteiger partial charge in [0.1, 0.15) is 11.6 Å². The molecule has 7 nitrogen and oxygen atoms in total. The molecule has 4 rings (SSSR count). The van der Waals surface area contributed by atoms with Crippen LogP contribution in [0.25, 0.3) is 11.0 Å². The van der Waals surface area contributed by atoms with E-state index < -0.39 is 0 Å². The lowest BCUT2D eigenvalue weighted by molar-refractivity contribution is -0.129. The number of aromatic nitrogens is 2. The maximum Gasteiger partial charge on any atom is 0.226 e. The molecule has 1 N–H and O–H groups in total. The molecule has 29 heavy (non-hydrogen) atoms. The number of nitrogens with one attached hydrogen (secondary N) is 1. The summed E-state index contributed by atoms with van der Waals surface area (Å²) < 4.78 is 7.36. The molecule has 1 fully saturated rings. The number of benzene rings is 1. The Morgan fingerprint density at radius 2 is 2.07 bits per heavy atom. The van der Waals surface area contributed by atoms with Crippen molar-refractivity contribution in [3.8, 4) is 0 Å². The topological polar surface area (TPSA) is 80.4 Å². The summed E-state index contributed by atoms with van der Waals surface area (Å²) in [6, 6.07) is 11.3. The Kier molecular flexibility index (Phi) is 5.13. The molecular formula is C22H26N4O3. The molecule has 0 spiro atoms. The molecule has 1 aromatic carbocycles. The van der Waals surface area contributed by atoms with Gasteiger partial charge in [0.2, 0.25) is 11.8 Å². The molecule has 0 radical (unpaired) electrons. The standard InChI is InChI=1S/C22H26N4O3/c1-14(2)20(21-23-17-8-4-5-9-18(17)25(21)3)24-22(28)15-11-19(27)26(12-15)13-16-7-6-10-29-16/h4-10,14-15,20H,11-13H2,1-3H3,(H,24,28). The number of nitrogens with zero attached hydrogens (tertiary/aromatic N) is 3. The fraction of sp³-hybridized carbons (Fsp3) is 0.409. The number of likely N-dealkylation sites (tertiary alicyclic amines) is 1. The Morgan fingerprint density at radius 3 is 2.76 bits per heavy atom. The van der Waals surface area contributed by atoms with Crippen molar-refractivity contribution in [3.63, 3.8) is 0 Å². The van der Waals surface area contributed by atoms with Gasteiger partial charge in [0.25, 0.3) is 0 Å². The summed E-state index contributed by atoms with van der Waals surface area (Å²) in [6.07, 6.45) is 1.81. The zero-order valence-electron chi connectivity index (χ0n) is 17.0. The van der Waals surface area contributed by atoms with E-state index >= 15 is 0 Å². The average molecular weight is 394 g/mol. The van der Waals surface area contributed by atoms with E-state index in [1.54, 1.807) is 17.2 Å². The molecule has 1 aliphatic rings. The Morgan fingerprint density at radius 1 is 1.28 bits per heavy atom. The van der Waals surface area contributed by atoms with Crippen LogP contribution in [0.2, 0.25) is 0 Å². The molecule has 1 saturated heterocycles. The molecular weight excluding hydrogens is 368 g/mol. The maximum absolute atomic E-state index is 13.0. The van der Waals surface area contributed by atoms with Gasteiger partial charge in [-0.2, -0.15) is 0 Å². The third-order valence-electron chi connectivity index (χ3n) is 5.58. The maximum atomic E-state index is 13.0. The van der Waals surface area contributed by atoms with Gasteiger partial charge in [-0.15, -0.1) is 0 Å². The highest BCUT2D eigenvalue weighted by molar-refractivity contribution is 5.89. The van der Waals surface area contributed by atoms with Crippen LogP contribution in [-0.2, 0) is 23.2 Å². The van der Waals surface area contributed by atoms with Crippen LogP contribution in [0, 0.1) is 11.8 Å². The van der Waals surface area contributed by atoms with Gasteiger partial charge in [-0.05, 0) is 30.2 Å². The number of furan rings is 1. The minimum absolute atomic E-state index is 0.0228. The zero-order chi connectivity index (χ0) is 20.5. The highest BCUT2D eigenvalue weighted by Crippen LogP contribution is 2.27. The van der Waals surface area contributed by atoms with Crippen molar-refractivity contribution in [1.29, 1.82) is 0 Å². The molecule has 1 aliphatic heterocycles. The highest BCUT2D eigenvalue weighted by atomic mass is 16.3. The van der Waals surface area contributed by atoms with Crippen LogP contribution in [0.3, 0.4) is 0 Å². The molecule has 0 saturated carbocycles. The lowest BCUT2D eigenvalue weighted by Crippen LogP contribution is -2.38.